The van der Waals surface area contributed by atoms with E-state index in [0.29, 0.717) is 12.5 Å². The Morgan fingerprint density at radius 2 is 2.00 bits per heavy atom. The van der Waals surface area contributed by atoms with Gasteiger partial charge in [-0.1, -0.05) is 6.92 Å². The summed E-state index contributed by atoms with van der Waals surface area (Å²) in [5.74, 6) is -0.556. The molecule has 2 unspecified atom stereocenters. The summed E-state index contributed by atoms with van der Waals surface area (Å²) in [6.45, 7) is 4.27. The van der Waals surface area contributed by atoms with Gasteiger partial charge in [0.15, 0.2) is 0 Å². The number of benzene rings is 1. The van der Waals surface area contributed by atoms with Gasteiger partial charge in [0.2, 0.25) is 0 Å². The Morgan fingerprint density at radius 3 is 2.47 bits per heavy atom. The molecule has 0 spiro atoms. The third kappa shape index (κ3) is 2.95. The van der Waals surface area contributed by atoms with Gasteiger partial charge in [-0.15, -0.1) is 0 Å². The third-order valence-electron chi connectivity index (χ3n) is 4.33. The standard InChI is InChI=1S/C15H21F2NO/c1-11-3-4-15(11,10-18-5-6-19-2)12-7-13(16)9-14(17)8-12/h7-9,11,18H,3-6,10H2,1-2H3. The van der Waals surface area contributed by atoms with Gasteiger partial charge in [0.25, 0.3) is 0 Å². The van der Waals surface area contributed by atoms with E-state index >= 15 is 0 Å². The maximum absolute atomic E-state index is 13.4. The highest BCUT2D eigenvalue weighted by Crippen LogP contribution is 2.48. The van der Waals surface area contributed by atoms with Crippen LogP contribution in [0.5, 0.6) is 0 Å². The Kier molecular flexibility index (Phi) is 4.53. The lowest BCUT2D eigenvalue weighted by Gasteiger charge is -2.49. The minimum atomic E-state index is -0.495. The minimum Gasteiger partial charge on any atom is -0.383 e. The van der Waals surface area contributed by atoms with E-state index in [2.05, 4.69) is 12.2 Å². The molecule has 1 aromatic rings. The van der Waals surface area contributed by atoms with Crippen LogP contribution in [0.4, 0.5) is 8.78 Å². The molecule has 19 heavy (non-hydrogen) atoms. The van der Waals surface area contributed by atoms with Crippen LogP contribution in [0.1, 0.15) is 25.3 Å². The molecular weight excluding hydrogens is 248 g/mol. The predicted octanol–water partition coefficient (Wildman–Crippen LogP) is 2.87. The fourth-order valence-corrected chi connectivity index (χ4v) is 2.90. The monoisotopic (exact) mass is 269 g/mol. The molecule has 1 fully saturated rings. The first kappa shape index (κ1) is 14.4. The number of nitrogens with one attached hydrogen (secondary N) is 1. The average Bonchev–Trinajstić information content (AvgIpc) is 2.36. The van der Waals surface area contributed by atoms with Crippen LogP contribution in [0.25, 0.3) is 0 Å². The third-order valence-corrected chi connectivity index (χ3v) is 4.33. The average molecular weight is 269 g/mol. The van der Waals surface area contributed by atoms with Gasteiger partial charge in [-0.2, -0.15) is 0 Å². The lowest BCUT2D eigenvalue weighted by atomic mass is 9.57. The van der Waals surface area contributed by atoms with Crippen LogP contribution in [0.15, 0.2) is 18.2 Å². The Labute approximate surface area is 113 Å². The van der Waals surface area contributed by atoms with E-state index in [1.165, 1.54) is 12.1 Å². The first-order valence-corrected chi connectivity index (χ1v) is 6.75. The second-order valence-electron chi connectivity index (χ2n) is 5.42. The molecule has 1 aliphatic carbocycles. The molecule has 4 heteroatoms. The number of hydrogen-bond donors (Lipinski definition) is 1. The predicted molar refractivity (Wildman–Crippen MR) is 71.2 cm³/mol. The number of rotatable bonds is 6. The number of halogens is 2. The number of methoxy groups -OCH3 is 1. The van der Waals surface area contributed by atoms with Gasteiger partial charge in [-0.05, 0) is 36.5 Å². The molecular formula is C15H21F2NO. The van der Waals surface area contributed by atoms with Crippen molar-refractivity contribution in [2.45, 2.75) is 25.2 Å². The maximum Gasteiger partial charge on any atom is 0.126 e. The highest BCUT2D eigenvalue weighted by Gasteiger charge is 2.45. The van der Waals surface area contributed by atoms with Gasteiger partial charge < -0.3 is 10.1 Å². The topological polar surface area (TPSA) is 21.3 Å². The number of ether oxygens (including phenoxy) is 1. The van der Waals surface area contributed by atoms with Gasteiger partial charge in [-0.25, -0.2) is 8.78 Å². The molecule has 2 rings (SSSR count). The van der Waals surface area contributed by atoms with Crippen molar-refractivity contribution in [2.24, 2.45) is 5.92 Å². The molecule has 0 bridgehead atoms. The van der Waals surface area contributed by atoms with Crippen LogP contribution in [-0.4, -0.2) is 26.8 Å². The molecule has 106 valence electrons. The van der Waals surface area contributed by atoms with Crippen LogP contribution in [-0.2, 0) is 10.2 Å². The summed E-state index contributed by atoms with van der Waals surface area (Å²) < 4.78 is 31.8. The minimum absolute atomic E-state index is 0.142. The molecule has 0 amide bonds. The molecule has 1 aliphatic rings. The van der Waals surface area contributed by atoms with Crippen molar-refractivity contribution in [3.63, 3.8) is 0 Å². The van der Waals surface area contributed by atoms with Crippen molar-refractivity contribution >= 4 is 0 Å². The fraction of sp³-hybridized carbons (Fsp3) is 0.600. The summed E-state index contributed by atoms with van der Waals surface area (Å²) >= 11 is 0. The summed E-state index contributed by atoms with van der Waals surface area (Å²) in [5, 5.41) is 3.33. The van der Waals surface area contributed by atoms with E-state index in [1.807, 2.05) is 0 Å². The largest absolute Gasteiger partial charge is 0.383 e. The molecule has 0 radical (unpaired) electrons. The van der Waals surface area contributed by atoms with Crippen LogP contribution < -0.4 is 5.32 Å². The molecule has 1 N–H and O–H groups in total. The van der Waals surface area contributed by atoms with Crippen LogP contribution >= 0.6 is 0 Å². The normalized spacial score (nSPS) is 26.2. The molecule has 2 atom stereocenters. The van der Waals surface area contributed by atoms with Crippen molar-refractivity contribution in [1.82, 2.24) is 5.32 Å². The molecule has 1 saturated carbocycles. The van der Waals surface area contributed by atoms with E-state index in [1.54, 1.807) is 7.11 Å². The van der Waals surface area contributed by atoms with Crippen molar-refractivity contribution in [2.75, 3.05) is 26.8 Å². The Balaban J connectivity index is 2.14. The highest BCUT2D eigenvalue weighted by molar-refractivity contribution is 5.31. The van der Waals surface area contributed by atoms with E-state index in [9.17, 15) is 8.78 Å². The Bertz CT molecular complexity index is 418. The van der Waals surface area contributed by atoms with Crippen molar-refractivity contribution in [1.29, 1.82) is 0 Å². The van der Waals surface area contributed by atoms with E-state index in [0.717, 1.165) is 37.6 Å². The van der Waals surface area contributed by atoms with Gasteiger partial charge in [0, 0.05) is 31.7 Å². The van der Waals surface area contributed by atoms with E-state index < -0.39 is 11.6 Å². The summed E-state index contributed by atoms with van der Waals surface area (Å²) in [7, 11) is 1.66. The van der Waals surface area contributed by atoms with Crippen LogP contribution in [0.2, 0.25) is 0 Å². The zero-order chi connectivity index (χ0) is 13.9. The Hall–Kier alpha value is -1.00. The van der Waals surface area contributed by atoms with Crippen molar-refractivity contribution < 1.29 is 13.5 Å². The summed E-state index contributed by atoms with van der Waals surface area (Å²) in [6.07, 6.45) is 2.07. The smallest absolute Gasteiger partial charge is 0.126 e. The SMILES string of the molecule is COCCNCC1(c2cc(F)cc(F)c2)CCC1C. The van der Waals surface area contributed by atoms with Crippen LogP contribution in [0.3, 0.4) is 0 Å². The fourth-order valence-electron chi connectivity index (χ4n) is 2.90. The van der Waals surface area contributed by atoms with Crippen molar-refractivity contribution in [3.05, 3.63) is 35.4 Å². The molecule has 0 saturated heterocycles. The zero-order valence-electron chi connectivity index (χ0n) is 11.5. The lowest BCUT2D eigenvalue weighted by Crippen LogP contribution is -2.50. The second kappa shape index (κ2) is 5.97. The highest BCUT2D eigenvalue weighted by atomic mass is 19.1. The summed E-state index contributed by atoms with van der Waals surface area (Å²) in [4.78, 5) is 0. The zero-order valence-corrected chi connectivity index (χ0v) is 11.5. The second-order valence-corrected chi connectivity index (χ2v) is 5.42. The molecule has 0 aliphatic heterocycles. The van der Waals surface area contributed by atoms with Gasteiger partial charge in [0.1, 0.15) is 11.6 Å². The van der Waals surface area contributed by atoms with Crippen LogP contribution in [0, 0.1) is 17.6 Å². The molecule has 2 nitrogen and oxygen atoms in total. The summed E-state index contributed by atoms with van der Waals surface area (Å²) in [5.41, 5.74) is 0.630. The van der Waals surface area contributed by atoms with Gasteiger partial charge >= 0.3 is 0 Å². The Morgan fingerprint density at radius 1 is 1.32 bits per heavy atom. The van der Waals surface area contributed by atoms with Crippen molar-refractivity contribution in [3.8, 4) is 0 Å². The van der Waals surface area contributed by atoms with Gasteiger partial charge in [0.05, 0.1) is 6.61 Å². The first-order chi connectivity index (χ1) is 9.08. The van der Waals surface area contributed by atoms with E-state index in [-0.39, 0.29) is 5.41 Å². The van der Waals surface area contributed by atoms with Gasteiger partial charge in [-0.3, -0.25) is 0 Å². The quantitative estimate of drug-likeness (QED) is 0.802. The maximum atomic E-state index is 13.4. The molecule has 0 aromatic heterocycles. The molecule has 1 aromatic carbocycles. The lowest BCUT2D eigenvalue weighted by molar-refractivity contribution is 0.127. The summed E-state index contributed by atoms with van der Waals surface area (Å²) in [6, 6.07) is 3.87. The van der Waals surface area contributed by atoms with E-state index in [4.69, 9.17) is 4.74 Å². The number of hydrogen-bond acceptors (Lipinski definition) is 2. The molecule has 0 heterocycles. The first-order valence-electron chi connectivity index (χ1n) is 6.75.